The molecule has 1 saturated heterocycles. The zero-order valence-corrected chi connectivity index (χ0v) is 12.0. The monoisotopic (exact) mass is 270 g/mol. The molecule has 1 aliphatic heterocycles. The molecule has 2 N–H and O–H groups in total. The number of hydrogen-bond acceptors (Lipinski definition) is 3. The van der Waals surface area contributed by atoms with E-state index < -0.39 is 0 Å². The van der Waals surface area contributed by atoms with E-state index in [2.05, 4.69) is 41.3 Å². The molecule has 3 heteroatoms. The lowest BCUT2D eigenvalue weighted by Crippen LogP contribution is -2.21. The molecular weight excluding hydrogens is 248 g/mol. The highest BCUT2D eigenvalue weighted by Gasteiger charge is 2.23. The molecule has 2 aromatic carbocycles. The van der Waals surface area contributed by atoms with Crippen molar-refractivity contribution in [2.24, 2.45) is 11.7 Å². The maximum atomic E-state index is 5.85. The zero-order chi connectivity index (χ0) is 13.9. The Kier molecular flexibility index (Phi) is 3.90. The highest BCUT2D eigenvalue weighted by molar-refractivity contribution is 5.96. The first-order chi connectivity index (χ1) is 9.83. The van der Waals surface area contributed by atoms with Gasteiger partial charge in [0.2, 0.25) is 0 Å². The standard InChI is InChI=1S/C17H22N2O/c1-20-12-13-8-9-19(11-13)17-7-6-14(10-18)15-4-2-3-5-16(15)17/h2-7,13H,8-12,18H2,1H3. The van der Waals surface area contributed by atoms with E-state index in [0.29, 0.717) is 12.5 Å². The van der Waals surface area contributed by atoms with E-state index in [1.807, 2.05) is 0 Å². The summed E-state index contributed by atoms with van der Waals surface area (Å²) < 4.78 is 5.29. The first kappa shape index (κ1) is 13.4. The van der Waals surface area contributed by atoms with Crippen LogP contribution in [0.4, 0.5) is 5.69 Å². The molecule has 0 spiro atoms. The molecule has 1 heterocycles. The minimum absolute atomic E-state index is 0.590. The first-order valence-electron chi connectivity index (χ1n) is 7.28. The second kappa shape index (κ2) is 5.81. The van der Waals surface area contributed by atoms with Gasteiger partial charge in [0.15, 0.2) is 0 Å². The summed E-state index contributed by atoms with van der Waals surface area (Å²) in [7, 11) is 1.79. The Hall–Kier alpha value is -1.58. The van der Waals surface area contributed by atoms with Crippen LogP contribution < -0.4 is 10.6 Å². The highest BCUT2D eigenvalue weighted by Crippen LogP contribution is 2.32. The van der Waals surface area contributed by atoms with Crippen molar-refractivity contribution >= 4 is 16.5 Å². The van der Waals surface area contributed by atoms with Crippen LogP contribution in [0.2, 0.25) is 0 Å². The molecule has 0 saturated carbocycles. The van der Waals surface area contributed by atoms with E-state index in [0.717, 1.165) is 19.7 Å². The van der Waals surface area contributed by atoms with Gasteiger partial charge in [-0.15, -0.1) is 0 Å². The number of fused-ring (bicyclic) bond motifs is 1. The molecule has 20 heavy (non-hydrogen) atoms. The lowest BCUT2D eigenvalue weighted by Gasteiger charge is -2.22. The van der Waals surface area contributed by atoms with E-state index in [9.17, 15) is 0 Å². The topological polar surface area (TPSA) is 38.5 Å². The van der Waals surface area contributed by atoms with Crippen molar-refractivity contribution < 1.29 is 4.74 Å². The van der Waals surface area contributed by atoms with Gasteiger partial charge < -0.3 is 15.4 Å². The van der Waals surface area contributed by atoms with Crippen LogP contribution in [0.5, 0.6) is 0 Å². The third kappa shape index (κ3) is 2.39. The molecule has 0 aromatic heterocycles. The smallest absolute Gasteiger partial charge is 0.0508 e. The Morgan fingerprint density at radius 1 is 1.20 bits per heavy atom. The van der Waals surface area contributed by atoms with Crippen molar-refractivity contribution in [1.29, 1.82) is 0 Å². The summed E-state index contributed by atoms with van der Waals surface area (Å²) >= 11 is 0. The predicted molar refractivity (Wildman–Crippen MR) is 84.0 cm³/mol. The van der Waals surface area contributed by atoms with Gasteiger partial charge in [0.05, 0.1) is 6.61 Å². The maximum Gasteiger partial charge on any atom is 0.0508 e. The number of nitrogens with zero attached hydrogens (tertiary/aromatic N) is 1. The maximum absolute atomic E-state index is 5.85. The van der Waals surface area contributed by atoms with Crippen LogP contribution in [0.3, 0.4) is 0 Å². The molecule has 2 aromatic rings. The van der Waals surface area contributed by atoms with Gasteiger partial charge in [0, 0.05) is 43.7 Å². The van der Waals surface area contributed by atoms with E-state index >= 15 is 0 Å². The van der Waals surface area contributed by atoms with Crippen LogP contribution in [0, 0.1) is 5.92 Å². The zero-order valence-electron chi connectivity index (χ0n) is 12.0. The lowest BCUT2D eigenvalue weighted by molar-refractivity contribution is 0.161. The Labute approximate surface area is 120 Å². The Morgan fingerprint density at radius 2 is 2.00 bits per heavy atom. The Bertz CT molecular complexity index is 597. The SMILES string of the molecule is COCC1CCN(c2ccc(CN)c3ccccc23)C1. The van der Waals surface area contributed by atoms with Gasteiger partial charge in [-0.25, -0.2) is 0 Å². The van der Waals surface area contributed by atoms with Gasteiger partial charge in [-0.05, 0) is 23.4 Å². The van der Waals surface area contributed by atoms with E-state index in [-0.39, 0.29) is 0 Å². The van der Waals surface area contributed by atoms with Crippen molar-refractivity contribution in [2.75, 3.05) is 31.7 Å². The molecule has 106 valence electrons. The van der Waals surface area contributed by atoms with Crippen molar-refractivity contribution in [1.82, 2.24) is 0 Å². The molecule has 1 unspecified atom stereocenters. The minimum Gasteiger partial charge on any atom is -0.384 e. The third-order valence-electron chi connectivity index (χ3n) is 4.24. The molecule has 1 atom stereocenters. The number of methoxy groups -OCH3 is 1. The Balaban J connectivity index is 1.97. The van der Waals surface area contributed by atoms with Crippen LogP contribution >= 0.6 is 0 Å². The summed E-state index contributed by atoms with van der Waals surface area (Å²) in [5.74, 6) is 0.646. The number of rotatable bonds is 4. The summed E-state index contributed by atoms with van der Waals surface area (Å²) in [4.78, 5) is 2.48. The number of hydrogen-bond donors (Lipinski definition) is 1. The van der Waals surface area contributed by atoms with Crippen LogP contribution in [0.15, 0.2) is 36.4 Å². The van der Waals surface area contributed by atoms with E-state index in [4.69, 9.17) is 10.5 Å². The van der Waals surface area contributed by atoms with Crippen LogP contribution in [-0.4, -0.2) is 26.8 Å². The summed E-state index contributed by atoms with van der Waals surface area (Å²) in [6, 6.07) is 13.0. The number of nitrogens with two attached hydrogens (primary N) is 1. The molecular formula is C17H22N2O. The second-order valence-corrected chi connectivity index (χ2v) is 5.55. The fraction of sp³-hybridized carbons (Fsp3) is 0.412. The van der Waals surface area contributed by atoms with Crippen LogP contribution in [0.25, 0.3) is 10.8 Å². The van der Waals surface area contributed by atoms with Crippen molar-refractivity contribution in [3.63, 3.8) is 0 Å². The second-order valence-electron chi connectivity index (χ2n) is 5.55. The molecule has 1 fully saturated rings. The van der Waals surface area contributed by atoms with E-state index in [1.165, 1.54) is 28.4 Å². The molecule has 0 bridgehead atoms. The van der Waals surface area contributed by atoms with Gasteiger partial charge in [-0.1, -0.05) is 30.3 Å². The summed E-state index contributed by atoms with van der Waals surface area (Å²) in [6.45, 7) is 3.64. The summed E-state index contributed by atoms with van der Waals surface area (Å²) in [5.41, 5.74) is 8.40. The van der Waals surface area contributed by atoms with Gasteiger partial charge >= 0.3 is 0 Å². The van der Waals surface area contributed by atoms with Crippen LogP contribution in [0.1, 0.15) is 12.0 Å². The Morgan fingerprint density at radius 3 is 2.75 bits per heavy atom. The van der Waals surface area contributed by atoms with Crippen LogP contribution in [-0.2, 0) is 11.3 Å². The fourth-order valence-corrected chi connectivity index (χ4v) is 3.22. The molecule has 0 aliphatic carbocycles. The van der Waals surface area contributed by atoms with Crippen molar-refractivity contribution in [2.45, 2.75) is 13.0 Å². The molecule has 1 aliphatic rings. The first-order valence-corrected chi connectivity index (χ1v) is 7.28. The highest BCUT2D eigenvalue weighted by atomic mass is 16.5. The van der Waals surface area contributed by atoms with Gasteiger partial charge in [-0.2, -0.15) is 0 Å². The predicted octanol–water partition coefficient (Wildman–Crippen LogP) is 2.77. The quantitative estimate of drug-likeness (QED) is 0.928. The summed E-state index contributed by atoms with van der Waals surface area (Å²) in [5, 5.41) is 2.59. The molecule has 0 amide bonds. The van der Waals surface area contributed by atoms with Gasteiger partial charge in [0.1, 0.15) is 0 Å². The van der Waals surface area contributed by atoms with Crippen molar-refractivity contribution in [3.05, 3.63) is 42.0 Å². The molecule has 3 rings (SSSR count). The molecule has 3 nitrogen and oxygen atoms in total. The third-order valence-corrected chi connectivity index (χ3v) is 4.24. The van der Waals surface area contributed by atoms with E-state index in [1.54, 1.807) is 7.11 Å². The average molecular weight is 270 g/mol. The number of anilines is 1. The fourth-order valence-electron chi connectivity index (χ4n) is 3.22. The number of benzene rings is 2. The van der Waals surface area contributed by atoms with Gasteiger partial charge in [-0.3, -0.25) is 0 Å². The van der Waals surface area contributed by atoms with Gasteiger partial charge in [0.25, 0.3) is 0 Å². The lowest BCUT2D eigenvalue weighted by atomic mass is 10.0. The largest absolute Gasteiger partial charge is 0.384 e. The normalized spacial score (nSPS) is 18.9. The minimum atomic E-state index is 0.590. The van der Waals surface area contributed by atoms with Crippen molar-refractivity contribution in [3.8, 4) is 0 Å². The summed E-state index contributed by atoms with van der Waals surface area (Å²) in [6.07, 6.45) is 1.21. The average Bonchev–Trinajstić information content (AvgIpc) is 2.95. The number of ether oxygens (including phenoxy) is 1. The molecule has 0 radical (unpaired) electrons.